The zero-order valence-corrected chi connectivity index (χ0v) is 19.9. The van der Waals surface area contributed by atoms with Crippen LogP contribution in [-0.4, -0.2) is 39.3 Å². The molecule has 6 nitrogen and oxygen atoms in total. The lowest BCUT2D eigenvalue weighted by atomic mass is 10.0. The molecule has 0 heterocycles. The minimum atomic E-state index is -4.08. The van der Waals surface area contributed by atoms with Gasteiger partial charge < -0.3 is 15.2 Å². The van der Waals surface area contributed by atoms with Gasteiger partial charge in [0.1, 0.15) is 17.4 Å². The highest BCUT2D eigenvalue weighted by atomic mass is 35.5. The Bertz CT molecular complexity index is 1210. The first-order valence-corrected chi connectivity index (χ1v) is 12.3. The van der Waals surface area contributed by atoms with Gasteiger partial charge in [0, 0.05) is 24.2 Å². The maximum atomic E-state index is 13.7. The van der Waals surface area contributed by atoms with E-state index >= 15 is 0 Å². The lowest BCUT2D eigenvalue weighted by Crippen LogP contribution is -2.48. The van der Waals surface area contributed by atoms with Crippen molar-refractivity contribution >= 4 is 21.6 Å². The van der Waals surface area contributed by atoms with Crippen LogP contribution in [0.3, 0.4) is 0 Å². The maximum Gasteiger partial charge on any atom is 0.240 e. The summed E-state index contributed by atoms with van der Waals surface area (Å²) in [6.07, 6.45) is -1.36. The van der Waals surface area contributed by atoms with Crippen molar-refractivity contribution in [3.63, 3.8) is 0 Å². The Morgan fingerprint density at radius 1 is 1.00 bits per heavy atom. The number of nitrogens with one attached hydrogen (secondary N) is 2. The number of halogens is 3. The summed E-state index contributed by atoms with van der Waals surface area (Å²) >= 11 is 5.92. The lowest BCUT2D eigenvalue weighted by molar-refractivity contribution is 0.134. The summed E-state index contributed by atoms with van der Waals surface area (Å²) in [6.45, 7) is 0.397. The Balaban J connectivity index is 1.77. The molecule has 0 amide bonds. The van der Waals surface area contributed by atoms with Crippen molar-refractivity contribution in [2.75, 3.05) is 13.7 Å². The topological polar surface area (TPSA) is 87.7 Å². The summed E-state index contributed by atoms with van der Waals surface area (Å²) in [7, 11) is -2.52. The summed E-state index contributed by atoms with van der Waals surface area (Å²) in [4.78, 5) is -0.0908. The molecule has 0 spiro atoms. The molecule has 3 aromatic rings. The summed E-state index contributed by atoms with van der Waals surface area (Å²) in [6, 6.07) is 14.8. The Hall–Kier alpha value is -2.56. The van der Waals surface area contributed by atoms with E-state index in [1.54, 1.807) is 13.2 Å². The zero-order chi connectivity index (χ0) is 24.7. The molecule has 0 aliphatic heterocycles. The van der Waals surface area contributed by atoms with Gasteiger partial charge in [0.15, 0.2) is 0 Å². The highest BCUT2D eigenvalue weighted by Gasteiger charge is 2.27. The van der Waals surface area contributed by atoms with Gasteiger partial charge in [-0.25, -0.2) is 21.9 Å². The number of hydrogen-bond acceptors (Lipinski definition) is 5. The van der Waals surface area contributed by atoms with Crippen LogP contribution < -0.4 is 14.8 Å². The van der Waals surface area contributed by atoms with Gasteiger partial charge in [0.2, 0.25) is 10.0 Å². The number of aliphatic hydroxyl groups excluding tert-OH is 1. The summed E-state index contributed by atoms with van der Waals surface area (Å²) in [5.41, 5.74) is 1.10. The molecule has 3 N–H and O–H groups in total. The van der Waals surface area contributed by atoms with Crippen molar-refractivity contribution in [2.24, 2.45) is 0 Å². The molecule has 0 fully saturated rings. The molecule has 0 unspecified atom stereocenters. The third kappa shape index (κ3) is 7.48. The van der Waals surface area contributed by atoms with Gasteiger partial charge in [0.25, 0.3) is 0 Å². The average Bonchev–Trinajstić information content (AvgIpc) is 2.78. The van der Waals surface area contributed by atoms with Gasteiger partial charge in [-0.05, 0) is 60.0 Å². The lowest BCUT2D eigenvalue weighted by Gasteiger charge is -2.25. The fraction of sp³-hybridized carbons (Fsp3) is 0.250. The smallest absolute Gasteiger partial charge is 0.240 e. The van der Waals surface area contributed by atoms with E-state index in [2.05, 4.69) is 10.0 Å². The number of aliphatic hydroxyl groups is 1. The van der Waals surface area contributed by atoms with Gasteiger partial charge in [-0.1, -0.05) is 29.8 Å². The van der Waals surface area contributed by atoms with Crippen LogP contribution in [0.4, 0.5) is 8.78 Å². The molecule has 2 atom stereocenters. The first-order valence-electron chi connectivity index (χ1n) is 10.4. The first kappa shape index (κ1) is 26.1. The van der Waals surface area contributed by atoms with Crippen LogP contribution in [0.2, 0.25) is 5.02 Å². The average molecular weight is 511 g/mol. The second-order valence-electron chi connectivity index (χ2n) is 7.72. The van der Waals surface area contributed by atoms with E-state index in [1.165, 1.54) is 24.3 Å². The van der Waals surface area contributed by atoms with Crippen LogP contribution in [-0.2, 0) is 23.0 Å². The fourth-order valence-corrected chi connectivity index (χ4v) is 5.00. The number of ether oxygens (including phenoxy) is 1. The summed E-state index contributed by atoms with van der Waals surface area (Å²) < 4.78 is 60.9. The predicted molar refractivity (Wildman–Crippen MR) is 126 cm³/mol. The van der Waals surface area contributed by atoms with Crippen molar-refractivity contribution in [2.45, 2.75) is 30.0 Å². The van der Waals surface area contributed by atoms with E-state index in [0.717, 1.165) is 23.8 Å². The third-order valence-corrected chi connectivity index (χ3v) is 6.79. The zero-order valence-electron chi connectivity index (χ0n) is 18.3. The van der Waals surface area contributed by atoms with E-state index in [4.69, 9.17) is 16.3 Å². The molecule has 0 saturated carbocycles. The largest absolute Gasteiger partial charge is 0.497 e. The number of rotatable bonds is 11. The van der Waals surface area contributed by atoms with Gasteiger partial charge in [-0.15, -0.1) is 0 Å². The number of sulfonamides is 1. The van der Waals surface area contributed by atoms with Crippen molar-refractivity contribution in [3.05, 3.63) is 94.5 Å². The molecular weight excluding hydrogens is 486 g/mol. The number of hydrogen-bond donors (Lipinski definition) is 3. The molecule has 0 saturated heterocycles. The van der Waals surface area contributed by atoms with Crippen LogP contribution in [0.15, 0.2) is 71.6 Å². The van der Waals surface area contributed by atoms with Crippen LogP contribution in [0.25, 0.3) is 0 Å². The minimum Gasteiger partial charge on any atom is -0.497 e. The van der Waals surface area contributed by atoms with E-state index in [9.17, 15) is 22.3 Å². The number of benzene rings is 3. The van der Waals surface area contributed by atoms with Crippen LogP contribution in [0.5, 0.6) is 5.75 Å². The molecule has 0 aliphatic carbocycles. The second-order valence-corrected chi connectivity index (χ2v) is 9.87. The van der Waals surface area contributed by atoms with Crippen LogP contribution in [0, 0.1) is 11.6 Å². The Morgan fingerprint density at radius 2 is 1.71 bits per heavy atom. The molecule has 182 valence electrons. The summed E-state index contributed by atoms with van der Waals surface area (Å²) in [5.74, 6) is -0.908. The predicted octanol–water partition coefficient (Wildman–Crippen LogP) is 3.67. The van der Waals surface area contributed by atoms with Crippen molar-refractivity contribution in [1.82, 2.24) is 10.0 Å². The standard InChI is InChI=1S/C24H25ClF2N2O4S/c1-33-21-6-2-4-16(10-21)14-28-15-24(30)23(11-17-8-19(26)13-20(27)9-17)29-34(31,32)22-7-3-5-18(25)12-22/h2-10,12-13,23-24,28-30H,11,14-15H2,1H3/t23-,24+/m1/s1. The Kier molecular flexibility index (Phi) is 8.98. The van der Waals surface area contributed by atoms with Crippen LogP contribution in [0.1, 0.15) is 11.1 Å². The molecule has 3 rings (SSSR count). The second kappa shape index (κ2) is 11.7. The van der Waals surface area contributed by atoms with Gasteiger partial charge in [-0.3, -0.25) is 0 Å². The van der Waals surface area contributed by atoms with Gasteiger partial charge >= 0.3 is 0 Å². The van der Waals surface area contributed by atoms with Gasteiger partial charge in [-0.2, -0.15) is 0 Å². The molecule has 10 heteroatoms. The minimum absolute atomic E-state index is 0.0116. The highest BCUT2D eigenvalue weighted by Crippen LogP contribution is 2.18. The Labute approximate surface area is 202 Å². The monoisotopic (exact) mass is 510 g/mol. The first-order chi connectivity index (χ1) is 16.2. The molecule has 3 aromatic carbocycles. The normalized spacial score (nSPS) is 13.4. The van der Waals surface area contributed by atoms with Crippen LogP contribution >= 0.6 is 11.6 Å². The quantitative estimate of drug-likeness (QED) is 0.366. The van der Waals surface area contributed by atoms with E-state index in [1.807, 2.05) is 18.2 Å². The highest BCUT2D eigenvalue weighted by molar-refractivity contribution is 7.89. The SMILES string of the molecule is COc1cccc(CNC[C@H](O)[C@@H](Cc2cc(F)cc(F)c2)NS(=O)(=O)c2cccc(Cl)c2)c1. The van der Waals surface area contributed by atoms with Gasteiger partial charge in [0.05, 0.1) is 24.2 Å². The van der Waals surface area contributed by atoms with Crippen molar-refractivity contribution in [1.29, 1.82) is 0 Å². The molecule has 0 radical (unpaired) electrons. The number of methoxy groups -OCH3 is 1. The van der Waals surface area contributed by atoms with E-state index in [-0.39, 0.29) is 28.4 Å². The van der Waals surface area contributed by atoms with E-state index < -0.39 is 33.8 Å². The fourth-order valence-electron chi connectivity index (χ4n) is 3.43. The molecule has 0 bridgehead atoms. The molecule has 0 aromatic heterocycles. The van der Waals surface area contributed by atoms with Crippen molar-refractivity contribution < 1.29 is 27.0 Å². The third-order valence-electron chi connectivity index (χ3n) is 5.07. The Morgan fingerprint density at radius 3 is 2.38 bits per heavy atom. The van der Waals surface area contributed by atoms with E-state index in [0.29, 0.717) is 12.3 Å². The van der Waals surface area contributed by atoms with Crippen molar-refractivity contribution in [3.8, 4) is 5.75 Å². The summed E-state index contributed by atoms with van der Waals surface area (Å²) in [5, 5.41) is 14.1. The maximum absolute atomic E-state index is 13.7. The molecular formula is C24H25ClF2N2O4S. The molecule has 0 aliphatic rings. The molecule has 34 heavy (non-hydrogen) atoms.